The standard InChI is InChI=1S/C22H22O13/c1-32-10-4-7(2-3-8(10)24)20-18(30)16(28)13-9(25)5-11(15(27)21(13)35-20)33-22-19(31)17(29)14(26)12(6-23)34-22/h2-5,12,14,17,19,22-27,29-31H,6H2,1H3/t12-,14+,17+,19-,22+/m1/s1. The van der Waals surface area contributed by atoms with Crippen molar-refractivity contribution in [2.45, 2.75) is 30.7 Å². The zero-order chi connectivity index (χ0) is 25.6. The van der Waals surface area contributed by atoms with Crippen molar-refractivity contribution >= 4 is 11.0 Å². The van der Waals surface area contributed by atoms with Crippen molar-refractivity contribution in [3.8, 4) is 45.8 Å². The van der Waals surface area contributed by atoms with Crippen molar-refractivity contribution in [3.63, 3.8) is 0 Å². The number of aliphatic hydroxyl groups excluding tert-OH is 4. The first-order valence-corrected chi connectivity index (χ1v) is 10.2. The third-order valence-electron chi connectivity index (χ3n) is 5.59. The van der Waals surface area contributed by atoms with Crippen LogP contribution in [0.2, 0.25) is 0 Å². The van der Waals surface area contributed by atoms with Crippen LogP contribution in [0.25, 0.3) is 22.3 Å². The second-order valence-electron chi connectivity index (χ2n) is 7.76. The van der Waals surface area contributed by atoms with E-state index in [9.17, 15) is 45.6 Å². The van der Waals surface area contributed by atoms with Crippen molar-refractivity contribution in [3.05, 3.63) is 34.5 Å². The van der Waals surface area contributed by atoms with E-state index in [-0.39, 0.29) is 17.1 Å². The Morgan fingerprint density at radius 3 is 2.29 bits per heavy atom. The maximum Gasteiger partial charge on any atom is 0.238 e. The maximum absolute atomic E-state index is 12.8. The third-order valence-corrected chi connectivity index (χ3v) is 5.59. The number of phenols is 3. The molecule has 13 heteroatoms. The van der Waals surface area contributed by atoms with E-state index in [1.54, 1.807) is 0 Å². The van der Waals surface area contributed by atoms with Crippen LogP contribution in [0.3, 0.4) is 0 Å². The first-order chi connectivity index (χ1) is 16.6. The van der Waals surface area contributed by atoms with E-state index < -0.39 is 82.5 Å². The molecule has 13 nitrogen and oxygen atoms in total. The highest BCUT2D eigenvalue weighted by Gasteiger charge is 2.45. The molecule has 0 radical (unpaired) electrons. The summed E-state index contributed by atoms with van der Waals surface area (Å²) in [6, 6.07) is 4.56. The van der Waals surface area contributed by atoms with E-state index in [1.807, 2.05) is 0 Å². The van der Waals surface area contributed by atoms with E-state index in [1.165, 1.54) is 25.3 Å². The van der Waals surface area contributed by atoms with E-state index in [0.717, 1.165) is 6.07 Å². The number of hydrogen-bond donors (Lipinski definition) is 8. The van der Waals surface area contributed by atoms with Gasteiger partial charge in [-0.2, -0.15) is 0 Å². The van der Waals surface area contributed by atoms with E-state index in [0.29, 0.717) is 0 Å². The highest BCUT2D eigenvalue weighted by atomic mass is 16.7. The molecule has 1 aromatic heterocycles. The molecule has 0 amide bonds. The fourth-order valence-corrected chi connectivity index (χ4v) is 3.70. The van der Waals surface area contributed by atoms with Gasteiger partial charge in [0.15, 0.2) is 28.6 Å². The van der Waals surface area contributed by atoms with E-state index >= 15 is 0 Å². The highest BCUT2D eigenvalue weighted by Crippen LogP contribution is 2.44. The van der Waals surface area contributed by atoms with Crippen LogP contribution in [0, 0.1) is 0 Å². The summed E-state index contributed by atoms with van der Waals surface area (Å²) in [4.78, 5) is 12.8. The van der Waals surface area contributed by atoms with Gasteiger partial charge in [0.2, 0.25) is 23.2 Å². The predicted molar refractivity (Wildman–Crippen MR) is 116 cm³/mol. The molecule has 8 N–H and O–H groups in total. The van der Waals surface area contributed by atoms with Crippen molar-refractivity contribution < 1.29 is 59.5 Å². The molecule has 1 aliphatic heterocycles. The number of methoxy groups -OCH3 is 1. The van der Waals surface area contributed by atoms with Crippen molar-refractivity contribution in [1.29, 1.82) is 0 Å². The fourth-order valence-electron chi connectivity index (χ4n) is 3.70. The van der Waals surface area contributed by atoms with Gasteiger partial charge in [-0.25, -0.2) is 0 Å². The summed E-state index contributed by atoms with van der Waals surface area (Å²) in [6.07, 6.45) is -8.26. The summed E-state index contributed by atoms with van der Waals surface area (Å²) in [7, 11) is 1.28. The Kier molecular flexibility index (Phi) is 6.36. The molecule has 2 heterocycles. The zero-order valence-corrected chi connectivity index (χ0v) is 18.0. The van der Waals surface area contributed by atoms with E-state index in [4.69, 9.17) is 18.6 Å². The zero-order valence-electron chi connectivity index (χ0n) is 18.0. The Morgan fingerprint density at radius 2 is 1.63 bits per heavy atom. The number of aliphatic hydroxyl groups is 4. The summed E-state index contributed by atoms with van der Waals surface area (Å²) < 4.78 is 21.1. The lowest BCUT2D eigenvalue weighted by atomic mass is 9.99. The summed E-state index contributed by atoms with van der Waals surface area (Å²) in [5.74, 6) is -3.72. The minimum Gasteiger partial charge on any atom is -0.507 e. The molecule has 0 saturated carbocycles. The predicted octanol–water partition coefficient (Wildman–Crippen LogP) is -0.530. The van der Waals surface area contributed by atoms with Gasteiger partial charge in [-0.1, -0.05) is 0 Å². The van der Waals surface area contributed by atoms with Crippen LogP contribution in [0.4, 0.5) is 0 Å². The minimum atomic E-state index is -1.82. The first kappa shape index (κ1) is 24.4. The molecule has 1 aliphatic rings. The van der Waals surface area contributed by atoms with E-state index in [2.05, 4.69) is 0 Å². The number of hydrogen-bond acceptors (Lipinski definition) is 13. The maximum atomic E-state index is 12.8. The monoisotopic (exact) mass is 494 g/mol. The fraction of sp³-hybridized carbons (Fsp3) is 0.318. The highest BCUT2D eigenvalue weighted by molar-refractivity contribution is 5.93. The number of ether oxygens (including phenoxy) is 3. The van der Waals surface area contributed by atoms with Gasteiger partial charge in [-0.05, 0) is 18.2 Å². The molecule has 0 aliphatic carbocycles. The molecule has 35 heavy (non-hydrogen) atoms. The molecular weight excluding hydrogens is 472 g/mol. The SMILES string of the molecule is COc1cc(-c2oc3c(O)c(O[C@H]4O[C@H](CO)[C@H](O)[C@H](O)[C@H]4O)cc(O)c3c(=O)c2O)ccc1O. The van der Waals surface area contributed by atoms with Crippen molar-refractivity contribution in [1.82, 2.24) is 0 Å². The normalized spacial score (nSPS) is 24.4. The van der Waals surface area contributed by atoms with Crippen LogP contribution in [0.15, 0.2) is 33.5 Å². The average Bonchev–Trinajstić information content (AvgIpc) is 2.84. The van der Waals surface area contributed by atoms with Gasteiger partial charge in [-0.15, -0.1) is 0 Å². The van der Waals surface area contributed by atoms with Crippen LogP contribution in [0.5, 0.6) is 34.5 Å². The number of rotatable bonds is 5. The Morgan fingerprint density at radius 1 is 0.914 bits per heavy atom. The van der Waals surface area contributed by atoms with Crippen LogP contribution in [-0.4, -0.2) is 85.3 Å². The molecule has 1 saturated heterocycles. The Bertz CT molecular complexity index is 1320. The van der Waals surface area contributed by atoms with Gasteiger partial charge in [0.1, 0.15) is 35.6 Å². The topological polar surface area (TPSA) is 220 Å². The van der Waals surface area contributed by atoms with Crippen LogP contribution in [-0.2, 0) is 4.74 Å². The quantitative estimate of drug-likeness (QED) is 0.209. The summed E-state index contributed by atoms with van der Waals surface area (Å²) in [6.45, 7) is -0.729. The van der Waals surface area contributed by atoms with Gasteiger partial charge in [0.25, 0.3) is 0 Å². The lowest BCUT2D eigenvalue weighted by Gasteiger charge is -2.39. The summed E-state index contributed by atoms with van der Waals surface area (Å²) in [5, 5.41) is 80.1. The summed E-state index contributed by atoms with van der Waals surface area (Å²) >= 11 is 0. The number of benzene rings is 2. The van der Waals surface area contributed by atoms with Gasteiger partial charge in [-0.3, -0.25) is 4.79 Å². The van der Waals surface area contributed by atoms with Gasteiger partial charge < -0.3 is 59.5 Å². The largest absolute Gasteiger partial charge is 0.507 e. The molecule has 5 atom stereocenters. The number of aromatic hydroxyl groups is 4. The lowest BCUT2D eigenvalue weighted by Crippen LogP contribution is -2.60. The molecular formula is C22H22O13. The van der Waals surface area contributed by atoms with Crippen molar-refractivity contribution in [2.75, 3.05) is 13.7 Å². The minimum absolute atomic E-state index is 0.00332. The first-order valence-electron chi connectivity index (χ1n) is 10.2. The lowest BCUT2D eigenvalue weighted by molar-refractivity contribution is -0.277. The number of phenolic OH excluding ortho intramolecular Hbond substituents is 3. The molecule has 188 valence electrons. The van der Waals surface area contributed by atoms with Crippen LogP contribution >= 0.6 is 0 Å². The second-order valence-corrected chi connectivity index (χ2v) is 7.76. The second kappa shape index (κ2) is 9.13. The summed E-state index contributed by atoms with van der Waals surface area (Å²) in [5.41, 5.74) is -1.62. The van der Waals surface area contributed by atoms with Crippen molar-refractivity contribution in [2.24, 2.45) is 0 Å². The van der Waals surface area contributed by atoms with Crippen LogP contribution in [0.1, 0.15) is 0 Å². The smallest absolute Gasteiger partial charge is 0.238 e. The molecule has 2 aromatic carbocycles. The molecule has 0 spiro atoms. The average molecular weight is 494 g/mol. The Hall–Kier alpha value is -3.75. The molecule has 0 bridgehead atoms. The number of fused-ring (bicyclic) bond motifs is 1. The van der Waals surface area contributed by atoms with Crippen LogP contribution < -0.4 is 14.9 Å². The molecule has 4 rings (SSSR count). The molecule has 1 fully saturated rings. The van der Waals surface area contributed by atoms with Gasteiger partial charge in [0, 0.05) is 11.6 Å². The third kappa shape index (κ3) is 4.05. The Balaban J connectivity index is 1.83. The molecule has 3 aromatic rings. The Labute approximate surface area is 195 Å². The molecule has 0 unspecified atom stereocenters. The van der Waals surface area contributed by atoms with Gasteiger partial charge in [0.05, 0.1) is 13.7 Å². The van der Waals surface area contributed by atoms with Gasteiger partial charge >= 0.3 is 0 Å².